The summed E-state index contributed by atoms with van der Waals surface area (Å²) in [6, 6.07) is -1.18. The van der Waals surface area contributed by atoms with E-state index in [2.05, 4.69) is 0 Å². The minimum absolute atomic E-state index is 0.355. The molecule has 10 heteroatoms. The Balaban J connectivity index is 3.22. The minimum Gasteiger partial charge on any atom is -0.368 e. The van der Waals surface area contributed by atoms with Crippen molar-refractivity contribution >= 4 is 11.6 Å². The van der Waals surface area contributed by atoms with Crippen molar-refractivity contribution < 1.29 is 9.72 Å². The van der Waals surface area contributed by atoms with Crippen LogP contribution in [0.5, 0.6) is 0 Å². The average molecular weight is 243 g/mol. The Morgan fingerprint density at radius 1 is 1.59 bits per heavy atom. The monoisotopic (exact) mass is 243 g/mol. The van der Waals surface area contributed by atoms with Crippen molar-refractivity contribution in [2.45, 2.75) is 12.6 Å². The van der Waals surface area contributed by atoms with Gasteiger partial charge in [0.25, 0.3) is 0 Å². The first-order chi connectivity index (χ1) is 7.82. The number of carbonyl (C=O) groups is 1. The van der Waals surface area contributed by atoms with Gasteiger partial charge >= 0.3 is 16.9 Å². The van der Waals surface area contributed by atoms with Crippen molar-refractivity contribution in [3.8, 4) is 0 Å². The van der Waals surface area contributed by atoms with E-state index in [-0.39, 0.29) is 6.54 Å². The molecule has 0 aliphatic heterocycles. The number of hydrogen-bond donors (Lipinski definition) is 3. The third-order valence-corrected chi connectivity index (χ3v) is 1.95. The predicted molar refractivity (Wildman–Crippen MR) is 55.1 cm³/mol. The topological polar surface area (TPSA) is 167 Å². The van der Waals surface area contributed by atoms with E-state index in [9.17, 15) is 24.5 Å². The lowest BCUT2D eigenvalue weighted by Crippen LogP contribution is -2.43. The van der Waals surface area contributed by atoms with Gasteiger partial charge in [-0.25, -0.2) is 4.79 Å². The number of aromatic amines is 1. The van der Waals surface area contributed by atoms with Crippen LogP contribution in [0.15, 0.2) is 15.8 Å². The number of amides is 1. The standard InChI is InChI=1S/C7H9N5O5/c8-3(5(9)13)1-11-2-4(12(16)17)6(14)10-7(11)15/h2-3H,1,8H2,(H2,9,13)(H,10,14,15). The molecule has 1 amide bonds. The van der Waals surface area contributed by atoms with Gasteiger partial charge in [0.05, 0.1) is 17.7 Å². The van der Waals surface area contributed by atoms with E-state index < -0.39 is 33.8 Å². The summed E-state index contributed by atoms with van der Waals surface area (Å²) in [4.78, 5) is 44.2. The lowest BCUT2D eigenvalue weighted by molar-refractivity contribution is -0.386. The van der Waals surface area contributed by atoms with Gasteiger partial charge in [-0.2, -0.15) is 0 Å². The van der Waals surface area contributed by atoms with Gasteiger partial charge in [-0.05, 0) is 0 Å². The first-order valence-corrected chi connectivity index (χ1v) is 4.36. The van der Waals surface area contributed by atoms with Crippen LogP contribution in [0, 0.1) is 10.1 Å². The lowest BCUT2D eigenvalue weighted by atomic mass is 10.3. The molecular formula is C7H9N5O5. The van der Waals surface area contributed by atoms with Gasteiger partial charge in [0.15, 0.2) is 0 Å². The van der Waals surface area contributed by atoms with Crippen molar-refractivity contribution in [1.82, 2.24) is 9.55 Å². The van der Waals surface area contributed by atoms with Gasteiger partial charge in [0.2, 0.25) is 5.91 Å². The number of rotatable bonds is 4. The van der Waals surface area contributed by atoms with Gasteiger partial charge in [0.1, 0.15) is 6.04 Å². The maximum atomic E-state index is 11.3. The highest BCUT2D eigenvalue weighted by Crippen LogP contribution is 1.99. The molecule has 0 saturated carbocycles. The number of carbonyl (C=O) groups excluding carboxylic acids is 1. The van der Waals surface area contributed by atoms with Gasteiger partial charge in [-0.3, -0.25) is 29.3 Å². The summed E-state index contributed by atoms with van der Waals surface area (Å²) in [6.07, 6.45) is 0.712. The Labute approximate surface area is 93.0 Å². The summed E-state index contributed by atoms with van der Waals surface area (Å²) in [5.74, 6) is -0.870. The molecule has 0 spiro atoms. The van der Waals surface area contributed by atoms with E-state index in [1.165, 1.54) is 0 Å². The molecule has 10 nitrogen and oxygen atoms in total. The molecule has 0 radical (unpaired) electrons. The number of nitrogens with zero attached hydrogens (tertiary/aromatic N) is 2. The average Bonchev–Trinajstić information content (AvgIpc) is 2.21. The number of nitrogens with one attached hydrogen (secondary N) is 1. The second kappa shape index (κ2) is 4.57. The molecule has 1 atom stereocenters. The summed E-state index contributed by atoms with van der Waals surface area (Å²) in [6.45, 7) is -0.355. The molecule has 0 saturated heterocycles. The van der Waals surface area contributed by atoms with Gasteiger partial charge < -0.3 is 11.5 Å². The van der Waals surface area contributed by atoms with E-state index >= 15 is 0 Å². The van der Waals surface area contributed by atoms with Gasteiger partial charge in [-0.15, -0.1) is 0 Å². The second-order valence-corrected chi connectivity index (χ2v) is 3.19. The molecule has 0 aromatic carbocycles. The quantitative estimate of drug-likeness (QED) is 0.382. The fraction of sp³-hybridized carbons (Fsp3) is 0.286. The largest absolute Gasteiger partial charge is 0.368 e. The Kier molecular flexibility index (Phi) is 3.38. The molecule has 1 heterocycles. The van der Waals surface area contributed by atoms with Crippen LogP contribution < -0.4 is 22.7 Å². The summed E-state index contributed by atoms with van der Waals surface area (Å²) in [5, 5.41) is 10.5. The van der Waals surface area contributed by atoms with Crippen LogP contribution in [0.3, 0.4) is 0 Å². The van der Waals surface area contributed by atoms with E-state index in [4.69, 9.17) is 11.5 Å². The van der Waals surface area contributed by atoms with Crippen LogP contribution in [-0.2, 0) is 11.3 Å². The Hall–Kier alpha value is -2.49. The zero-order valence-electron chi connectivity index (χ0n) is 8.45. The molecule has 0 bridgehead atoms. The minimum atomic E-state index is -1.18. The zero-order chi connectivity index (χ0) is 13.2. The first-order valence-electron chi connectivity index (χ1n) is 4.36. The highest BCUT2D eigenvalue weighted by atomic mass is 16.6. The second-order valence-electron chi connectivity index (χ2n) is 3.19. The molecule has 0 aliphatic carbocycles. The number of H-pyrrole nitrogens is 1. The van der Waals surface area contributed by atoms with Crippen molar-refractivity contribution in [1.29, 1.82) is 0 Å². The fourth-order valence-corrected chi connectivity index (χ4v) is 1.07. The summed E-state index contributed by atoms with van der Waals surface area (Å²) >= 11 is 0. The smallest absolute Gasteiger partial charge is 0.350 e. The number of primary amides is 1. The van der Waals surface area contributed by atoms with E-state index in [1.807, 2.05) is 0 Å². The number of nitrogens with two attached hydrogens (primary N) is 2. The SMILES string of the molecule is NC(=O)C(N)Cn1cc([N+](=O)[O-])c(=O)[nH]c1=O. The number of nitro groups is 1. The van der Waals surface area contributed by atoms with E-state index in [1.54, 1.807) is 4.98 Å². The molecule has 5 N–H and O–H groups in total. The van der Waals surface area contributed by atoms with Crippen molar-refractivity contribution in [3.63, 3.8) is 0 Å². The maximum absolute atomic E-state index is 11.3. The Bertz CT molecular complexity index is 573. The molecule has 17 heavy (non-hydrogen) atoms. The Morgan fingerprint density at radius 3 is 2.65 bits per heavy atom. The van der Waals surface area contributed by atoms with Gasteiger partial charge in [-0.1, -0.05) is 0 Å². The van der Waals surface area contributed by atoms with Crippen molar-refractivity contribution in [2.75, 3.05) is 0 Å². The van der Waals surface area contributed by atoms with Crippen LogP contribution in [-0.4, -0.2) is 26.4 Å². The third kappa shape index (κ3) is 2.75. The molecule has 92 valence electrons. The highest BCUT2D eigenvalue weighted by Gasteiger charge is 2.17. The van der Waals surface area contributed by atoms with E-state index in [0.717, 1.165) is 4.57 Å². The molecule has 0 aliphatic rings. The molecule has 0 fully saturated rings. The molecular weight excluding hydrogens is 234 g/mol. The summed E-state index contributed by atoms with van der Waals surface area (Å²) < 4.78 is 0.745. The number of hydrogen-bond acceptors (Lipinski definition) is 6. The first kappa shape index (κ1) is 12.6. The van der Waals surface area contributed by atoms with Crippen molar-refractivity contribution in [3.05, 3.63) is 37.1 Å². The fourth-order valence-electron chi connectivity index (χ4n) is 1.07. The van der Waals surface area contributed by atoms with Gasteiger partial charge in [0, 0.05) is 0 Å². The molecule has 1 unspecified atom stereocenters. The van der Waals surface area contributed by atoms with Crippen LogP contribution in [0.1, 0.15) is 0 Å². The lowest BCUT2D eigenvalue weighted by Gasteiger charge is -2.08. The van der Waals surface area contributed by atoms with Crippen LogP contribution in [0.2, 0.25) is 0 Å². The molecule has 1 aromatic rings. The van der Waals surface area contributed by atoms with E-state index in [0.29, 0.717) is 6.20 Å². The van der Waals surface area contributed by atoms with Crippen LogP contribution in [0.25, 0.3) is 0 Å². The van der Waals surface area contributed by atoms with Crippen LogP contribution in [0.4, 0.5) is 5.69 Å². The third-order valence-electron chi connectivity index (χ3n) is 1.95. The summed E-state index contributed by atoms with van der Waals surface area (Å²) in [5.41, 5.74) is 7.32. The molecule has 1 rings (SSSR count). The van der Waals surface area contributed by atoms with Crippen LogP contribution >= 0.6 is 0 Å². The predicted octanol–water partition coefficient (Wildman–Crippen LogP) is -2.74. The van der Waals surface area contributed by atoms with Crippen molar-refractivity contribution in [2.24, 2.45) is 11.5 Å². The zero-order valence-corrected chi connectivity index (χ0v) is 8.45. The normalized spacial score (nSPS) is 12.1. The Morgan fingerprint density at radius 2 is 2.18 bits per heavy atom. The highest BCUT2D eigenvalue weighted by molar-refractivity contribution is 5.79. The number of aromatic nitrogens is 2. The summed E-state index contributed by atoms with van der Waals surface area (Å²) in [7, 11) is 0. The molecule has 1 aromatic heterocycles. The maximum Gasteiger partial charge on any atom is 0.350 e.